The fraction of sp³-hybridized carbons (Fsp3) is 0.963. The Kier molecular flexibility index (Phi) is 9.90. The number of β-amino-alcohol motifs (C(OH)–C–C–N with tert-alkyl or cyclic N) is 1. The molecule has 0 radical (unpaired) electrons. The molecule has 3 aliphatic heterocycles. The number of nitrogens with one attached hydrogen (secondary N) is 4. The number of piperidine rings is 2. The van der Waals surface area contributed by atoms with Crippen LogP contribution in [0.4, 0.5) is 0 Å². The summed E-state index contributed by atoms with van der Waals surface area (Å²) in [7, 11) is 0. The van der Waals surface area contributed by atoms with Gasteiger partial charge >= 0.3 is 0 Å². The number of rotatable bonds is 10. The van der Waals surface area contributed by atoms with Crippen LogP contribution >= 0.6 is 0 Å². The zero-order chi connectivity index (χ0) is 24.7. The third-order valence-electron chi connectivity index (χ3n) is 9.26. The van der Waals surface area contributed by atoms with Crippen LogP contribution in [-0.2, 0) is 14.3 Å². The van der Waals surface area contributed by atoms with Gasteiger partial charge in [0.25, 0.3) is 0 Å². The Hall–Kier alpha value is -0.810. The van der Waals surface area contributed by atoms with Gasteiger partial charge in [0.05, 0.1) is 37.8 Å². The minimum atomic E-state index is -0.515. The zero-order valence-electron chi connectivity index (χ0n) is 22.0. The molecular weight excluding hydrogens is 458 g/mol. The van der Waals surface area contributed by atoms with Crippen LogP contribution in [-0.4, -0.2) is 99.0 Å². The second-order valence-corrected chi connectivity index (χ2v) is 12.0. The molecule has 5 aliphatic rings. The molecule has 5 fully saturated rings. The van der Waals surface area contributed by atoms with Crippen LogP contribution in [0.3, 0.4) is 0 Å². The first-order chi connectivity index (χ1) is 17.6. The van der Waals surface area contributed by atoms with Crippen molar-refractivity contribution in [3.05, 3.63) is 0 Å². The maximum absolute atomic E-state index is 12.8. The molecular formula is C27H49N5O4. The van der Waals surface area contributed by atoms with E-state index >= 15 is 0 Å². The van der Waals surface area contributed by atoms with Gasteiger partial charge in [-0.25, -0.2) is 0 Å². The van der Waals surface area contributed by atoms with Gasteiger partial charge in [-0.05, 0) is 76.3 Å². The monoisotopic (exact) mass is 507 g/mol. The molecule has 0 spiro atoms. The van der Waals surface area contributed by atoms with Crippen molar-refractivity contribution in [3.8, 4) is 0 Å². The highest BCUT2D eigenvalue weighted by Gasteiger charge is 2.36. The van der Waals surface area contributed by atoms with Gasteiger partial charge in [-0.1, -0.05) is 12.8 Å². The first-order valence-corrected chi connectivity index (χ1v) is 14.7. The quantitative estimate of drug-likeness (QED) is 0.295. The molecule has 2 aliphatic carbocycles. The summed E-state index contributed by atoms with van der Waals surface area (Å²) in [5.74, 6) is 1.56. The van der Waals surface area contributed by atoms with Gasteiger partial charge in [-0.15, -0.1) is 0 Å². The topological polar surface area (TPSA) is 107 Å². The molecule has 5 N–H and O–H groups in total. The molecule has 9 heteroatoms. The van der Waals surface area contributed by atoms with Crippen molar-refractivity contribution in [2.75, 3.05) is 52.6 Å². The van der Waals surface area contributed by atoms with Crippen LogP contribution in [0.25, 0.3) is 0 Å². The van der Waals surface area contributed by atoms with Crippen molar-refractivity contribution in [1.82, 2.24) is 26.2 Å². The number of hydrogen-bond acceptors (Lipinski definition) is 8. The van der Waals surface area contributed by atoms with E-state index in [9.17, 15) is 9.90 Å². The lowest BCUT2D eigenvalue weighted by Gasteiger charge is -2.44. The number of amides is 1. The lowest BCUT2D eigenvalue weighted by molar-refractivity contribution is -0.126. The Morgan fingerprint density at radius 2 is 2.00 bits per heavy atom. The summed E-state index contributed by atoms with van der Waals surface area (Å²) in [5, 5.41) is 24.2. The Morgan fingerprint density at radius 3 is 2.83 bits per heavy atom. The van der Waals surface area contributed by atoms with Crippen molar-refractivity contribution >= 4 is 5.91 Å². The predicted molar refractivity (Wildman–Crippen MR) is 138 cm³/mol. The van der Waals surface area contributed by atoms with Gasteiger partial charge in [0.2, 0.25) is 5.91 Å². The van der Waals surface area contributed by atoms with Crippen molar-refractivity contribution < 1.29 is 19.4 Å². The smallest absolute Gasteiger partial charge is 0.223 e. The maximum Gasteiger partial charge on any atom is 0.223 e. The Balaban J connectivity index is 0.967. The van der Waals surface area contributed by atoms with E-state index in [0.29, 0.717) is 44.5 Å². The molecule has 3 saturated heterocycles. The highest BCUT2D eigenvalue weighted by molar-refractivity contribution is 5.78. The average molecular weight is 508 g/mol. The second kappa shape index (κ2) is 13.3. The Labute approximate surface area is 216 Å². The SMILES string of the molecule is O=C(NC[C@H](O)CN1CCC2CC(OCC3CNCO3)CCC2C1)C1CCNC(NC2CCCC2)C1. The highest BCUT2D eigenvalue weighted by atomic mass is 16.5. The summed E-state index contributed by atoms with van der Waals surface area (Å²) in [5.41, 5.74) is 0. The number of nitrogens with zero attached hydrogens (tertiary/aromatic N) is 1. The van der Waals surface area contributed by atoms with Crippen LogP contribution in [0.15, 0.2) is 0 Å². The molecule has 36 heavy (non-hydrogen) atoms. The van der Waals surface area contributed by atoms with E-state index in [0.717, 1.165) is 57.8 Å². The normalized spacial score (nSPS) is 37.0. The number of aliphatic hydroxyl groups excluding tert-OH is 1. The highest BCUT2D eigenvalue weighted by Crippen LogP contribution is 2.37. The second-order valence-electron chi connectivity index (χ2n) is 12.0. The number of carbonyl (C=O) groups excluding carboxylic acids is 1. The number of carbonyl (C=O) groups is 1. The first kappa shape index (κ1) is 26.8. The number of fused-ring (bicyclic) bond motifs is 1. The Morgan fingerprint density at radius 1 is 1.11 bits per heavy atom. The largest absolute Gasteiger partial charge is 0.390 e. The number of hydrogen-bond donors (Lipinski definition) is 5. The van der Waals surface area contributed by atoms with E-state index in [1.807, 2.05) is 0 Å². The summed E-state index contributed by atoms with van der Waals surface area (Å²) in [6.07, 6.45) is 11.8. The summed E-state index contributed by atoms with van der Waals surface area (Å²) in [6, 6.07) is 0.599. The fourth-order valence-corrected chi connectivity index (χ4v) is 7.16. The predicted octanol–water partition coefficient (Wildman–Crippen LogP) is 0.775. The Bertz CT molecular complexity index is 687. The molecule has 3 heterocycles. The molecule has 0 aromatic carbocycles. The maximum atomic E-state index is 12.8. The van der Waals surface area contributed by atoms with Crippen molar-refractivity contribution in [1.29, 1.82) is 0 Å². The minimum Gasteiger partial charge on any atom is -0.390 e. The number of ether oxygens (including phenoxy) is 2. The molecule has 9 nitrogen and oxygen atoms in total. The summed E-state index contributed by atoms with van der Waals surface area (Å²) < 4.78 is 11.8. The summed E-state index contributed by atoms with van der Waals surface area (Å²) >= 11 is 0. The van der Waals surface area contributed by atoms with Crippen molar-refractivity contribution in [2.45, 2.75) is 94.7 Å². The van der Waals surface area contributed by atoms with E-state index in [1.165, 1.54) is 38.5 Å². The van der Waals surface area contributed by atoms with Crippen molar-refractivity contribution in [3.63, 3.8) is 0 Å². The first-order valence-electron chi connectivity index (χ1n) is 14.7. The van der Waals surface area contributed by atoms with Gasteiger partial charge in [0.1, 0.15) is 0 Å². The average Bonchev–Trinajstić information content (AvgIpc) is 3.61. The van der Waals surface area contributed by atoms with Gasteiger partial charge in [-0.3, -0.25) is 15.4 Å². The lowest BCUT2D eigenvalue weighted by atomic mass is 9.74. The van der Waals surface area contributed by atoms with Crippen LogP contribution in [0.2, 0.25) is 0 Å². The van der Waals surface area contributed by atoms with Gasteiger partial charge < -0.3 is 30.1 Å². The minimum absolute atomic E-state index is 0.0296. The van der Waals surface area contributed by atoms with E-state index in [1.54, 1.807) is 0 Å². The van der Waals surface area contributed by atoms with E-state index in [4.69, 9.17) is 9.47 Å². The standard InChI is InChI=1S/C27H49N5O4/c33-23(13-30-27(34)20-7-9-29-26(12-20)31-22-3-1-2-4-22)16-32-10-8-19-11-24(6-5-21(19)15-32)35-17-25-14-28-18-36-25/h19-26,28-29,31,33H,1-18H2,(H,30,34)/t19?,20?,21?,23-,24?,25?,26?/m0/s1. The fourth-order valence-electron chi connectivity index (χ4n) is 7.16. The zero-order valence-corrected chi connectivity index (χ0v) is 22.0. The van der Waals surface area contributed by atoms with E-state index in [2.05, 4.69) is 26.2 Å². The molecule has 1 amide bonds. The van der Waals surface area contributed by atoms with Crippen molar-refractivity contribution in [2.24, 2.45) is 17.8 Å². The molecule has 206 valence electrons. The number of aliphatic hydroxyl groups is 1. The van der Waals surface area contributed by atoms with Crippen LogP contribution in [0, 0.1) is 17.8 Å². The molecule has 0 aromatic heterocycles. The lowest BCUT2D eigenvalue weighted by Crippen LogP contribution is -2.53. The molecule has 0 bridgehead atoms. The van der Waals surface area contributed by atoms with Crippen LogP contribution in [0.5, 0.6) is 0 Å². The summed E-state index contributed by atoms with van der Waals surface area (Å²) in [6.45, 7) is 6.19. The third-order valence-corrected chi connectivity index (χ3v) is 9.26. The van der Waals surface area contributed by atoms with E-state index in [-0.39, 0.29) is 24.1 Å². The van der Waals surface area contributed by atoms with Crippen LogP contribution in [0.1, 0.15) is 64.2 Å². The molecule has 7 atom stereocenters. The van der Waals surface area contributed by atoms with Gasteiger partial charge in [0, 0.05) is 38.1 Å². The third kappa shape index (κ3) is 7.62. The molecule has 2 saturated carbocycles. The molecule has 0 aromatic rings. The summed E-state index contributed by atoms with van der Waals surface area (Å²) in [4.78, 5) is 15.2. The van der Waals surface area contributed by atoms with Crippen LogP contribution < -0.4 is 21.3 Å². The molecule has 6 unspecified atom stereocenters. The number of likely N-dealkylation sites (tertiary alicyclic amines) is 1. The van der Waals surface area contributed by atoms with Gasteiger partial charge in [0.15, 0.2) is 0 Å². The van der Waals surface area contributed by atoms with E-state index < -0.39 is 6.10 Å². The molecule has 5 rings (SSSR count). The van der Waals surface area contributed by atoms with Gasteiger partial charge in [-0.2, -0.15) is 0 Å².